The molecule has 128 valence electrons. The van der Waals surface area contributed by atoms with Gasteiger partial charge in [-0.3, -0.25) is 0 Å². The fourth-order valence-corrected chi connectivity index (χ4v) is 2.06. The molecule has 1 heterocycles. The third-order valence-electron chi connectivity index (χ3n) is 3.47. The van der Waals surface area contributed by atoms with Crippen molar-refractivity contribution in [2.45, 2.75) is 20.3 Å². The molecule has 0 atom stereocenters. The van der Waals surface area contributed by atoms with Crippen molar-refractivity contribution in [3.05, 3.63) is 36.2 Å². The van der Waals surface area contributed by atoms with E-state index in [1.165, 1.54) is 13.4 Å². The number of nitrogen functional groups attached to an aromatic ring is 1. The summed E-state index contributed by atoms with van der Waals surface area (Å²) in [7, 11) is 1.35. The number of nitrogens with zero attached hydrogens (tertiary/aromatic N) is 2. The predicted molar refractivity (Wildman–Crippen MR) is 95.5 cm³/mol. The molecule has 0 amide bonds. The number of esters is 1. The van der Waals surface area contributed by atoms with Gasteiger partial charge < -0.3 is 21.1 Å². The molecule has 0 fully saturated rings. The van der Waals surface area contributed by atoms with Crippen LogP contribution in [0.5, 0.6) is 0 Å². The van der Waals surface area contributed by atoms with Gasteiger partial charge in [0.05, 0.1) is 12.7 Å². The first kappa shape index (κ1) is 17.5. The highest BCUT2D eigenvalue weighted by atomic mass is 16.5. The van der Waals surface area contributed by atoms with Crippen molar-refractivity contribution in [1.82, 2.24) is 9.97 Å². The van der Waals surface area contributed by atoms with Crippen molar-refractivity contribution in [3.8, 4) is 0 Å². The maximum absolute atomic E-state index is 11.4. The molecule has 0 spiro atoms. The highest BCUT2D eigenvalue weighted by molar-refractivity contribution is 5.90. The van der Waals surface area contributed by atoms with Crippen molar-refractivity contribution in [2.24, 2.45) is 5.92 Å². The number of ether oxygens (including phenoxy) is 1. The molecule has 0 aliphatic rings. The molecule has 1 aromatic carbocycles. The van der Waals surface area contributed by atoms with Gasteiger partial charge in [-0.2, -0.15) is 0 Å². The molecule has 0 unspecified atom stereocenters. The molecule has 0 saturated heterocycles. The lowest BCUT2D eigenvalue weighted by atomic mass is 10.1. The highest BCUT2D eigenvalue weighted by Gasteiger charge is 2.09. The van der Waals surface area contributed by atoms with Gasteiger partial charge in [0.2, 0.25) is 0 Å². The molecule has 4 N–H and O–H groups in total. The molecule has 0 saturated carbocycles. The molecule has 7 heteroatoms. The number of nitrogens with two attached hydrogens (primary N) is 1. The Labute approximate surface area is 141 Å². The summed E-state index contributed by atoms with van der Waals surface area (Å²) < 4.78 is 4.68. The van der Waals surface area contributed by atoms with Crippen molar-refractivity contribution in [3.63, 3.8) is 0 Å². The Morgan fingerprint density at radius 3 is 2.50 bits per heavy atom. The van der Waals surface area contributed by atoms with Gasteiger partial charge in [-0.1, -0.05) is 13.8 Å². The molecular weight excluding hydrogens is 306 g/mol. The van der Waals surface area contributed by atoms with E-state index in [0.29, 0.717) is 28.8 Å². The second-order valence-electron chi connectivity index (χ2n) is 5.79. The van der Waals surface area contributed by atoms with Crippen LogP contribution in [0.1, 0.15) is 30.6 Å². The summed E-state index contributed by atoms with van der Waals surface area (Å²) in [6.45, 7) is 5.12. The van der Waals surface area contributed by atoms with Gasteiger partial charge in [-0.15, -0.1) is 0 Å². The van der Waals surface area contributed by atoms with Crippen molar-refractivity contribution < 1.29 is 9.53 Å². The van der Waals surface area contributed by atoms with Crippen LogP contribution in [0.25, 0.3) is 0 Å². The molecule has 0 bridgehead atoms. The maximum Gasteiger partial charge on any atom is 0.337 e. The van der Waals surface area contributed by atoms with Crippen LogP contribution >= 0.6 is 0 Å². The first-order valence-electron chi connectivity index (χ1n) is 7.81. The fourth-order valence-electron chi connectivity index (χ4n) is 2.06. The minimum atomic E-state index is -0.375. The van der Waals surface area contributed by atoms with E-state index in [2.05, 4.69) is 39.2 Å². The number of hydrogen-bond acceptors (Lipinski definition) is 7. The second-order valence-corrected chi connectivity index (χ2v) is 5.79. The number of aromatic nitrogens is 2. The summed E-state index contributed by atoms with van der Waals surface area (Å²) in [6.07, 6.45) is 2.49. The van der Waals surface area contributed by atoms with E-state index in [4.69, 9.17) is 5.73 Å². The van der Waals surface area contributed by atoms with Crippen LogP contribution in [0.15, 0.2) is 30.6 Å². The number of methoxy groups -OCH3 is 1. The number of benzene rings is 1. The molecule has 0 radical (unpaired) electrons. The number of nitrogens with one attached hydrogen (secondary N) is 2. The minimum absolute atomic E-state index is 0.375. The lowest BCUT2D eigenvalue weighted by Gasteiger charge is -2.13. The Bertz CT molecular complexity index is 686. The van der Waals surface area contributed by atoms with E-state index >= 15 is 0 Å². The monoisotopic (exact) mass is 329 g/mol. The molecule has 2 rings (SSSR count). The quantitative estimate of drug-likeness (QED) is 0.671. The van der Waals surface area contributed by atoms with Gasteiger partial charge in [0.25, 0.3) is 0 Å². The second kappa shape index (κ2) is 8.14. The van der Waals surface area contributed by atoms with Crippen LogP contribution < -0.4 is 16.4 Å². The smallest absolute Gasteiger partial charge is 0.337 e. The van der Waals surface area contributed by atoms with Crippen LogP contribution in [0.4, 0.5) is 23.0 Å². The van der Waals surface area contributed by atoms with Crippen LogP contribution in [0.3, 0.4) is 0 Å². The Balaban J connectivity index is 2.08. The van der Waals surface area contributed by atoms with Gasteiger partial charge in [0.1, 0.15) is 12.0 Å². The summed E-state index contributed by atoms with van der Waals surface area (Å²) in [5.41, 5.74) is 7.83. The van der Waals surface area contributed by atoms with Gasteiger partial charge in [-0.05, 0) is 36.6 Å². The molecule has 24 heavy (non-hydrogen) atoms. The normalized spacial score (nSPS) is 10.5. The minimum Gasteiger partial charge on any atom is -0.465 e. The predicted octanol–water partition coefficient (Wildman–Crippen LogP) is 3.05. The Morgan fingerprint density at radius 1 is 1.21 bits per heavy atom. The van der Waals surface area contributed by atoms with E-state index in [-0.39, 0.29) is 5.97 Å². The lowest BCUT2D eigenvalue weighted by molar-refractivity contribution is 0.0601. The van der Waals surface area contributed by atoms with E-state index < -0.39 is 0 Å². The van der Waals surface area contributed by atoms with Crippen molar-refractivity contribution >= 4 is 29.0 Å². The lowest BCUT2D eigenvalue weighted by Crippen LogP contribution is -2.10. The average Bonchev–Trinajstić information content (AvgIpc) is 2.58. The molecule has 7 nitrogen and oxygen atoms in total. The number of hydrogen-bond donors (Lipinski definition) is 3. The zero-order valence-corrected chi connectivity index (χ0v) is 14.2. The fraction of sp³-hybridized carbons (Fsp3) is 0.353. The van der Waals surface area contributed by atoms with Gasteiger partial charge >= 0.3 is 5.97 Å². The first-order valence-corrected chi connectivity index (χ1v) is 7.81. The van der Waals surface area contributed by atoms with Crippen molar-refractivity contribution in [1.29, 1.82) is 0 Å². The van der Waals surface area contributed by atoms with Crippen LogP contribution in [-0.2, 0) is 4.74 Å². The average molecular weight is 329 g/mol. The number of anilines is 4. The number of carbonyl (C=O) groups excluding carboxylic acids is 1. The Hall–Kier alpha value is -2.83. The number of rotatable bonds is 7. The van der Waals surface area contributed by atoms with Crippen LogP contribution in [0.2, 0.25) is 0 Å². The third-order valence-corrected chi connectivity index (χ3v) is 3.47. The Kier molecular flexibility index (Phi) is 5.95. The van der Waals surface area contributed by atoms with E-state index in [0.717, 1.165) is 18.7 Å². The van der Waals surface area contributed by atoms with Gasteiger partial charge in [0.15, 0.2) is 11.6 Å². The molecule has 1 aromatic heterocycles. The zero-order chi connectivity index (χ0) is 17.5. The summed E-state index contributed by atoms with van der Waals surface area (Å²) in [5.74, 6) is 1.36. The SMILES string of the molecule is COC(=O)c1ccc(Nc2ncnc(NCCC(C)C)c2N)cc1. The summed E-state index contributed by atoms with van der Waals surface area (Å²) >= 11 is 0. The van der Waals surface area contributed by atoms with Crippen LogP contribution in [-0.4, -0.2) is 29.6 Å². The summed E-state index contributed by atoms with van der Waals surface area (Å²) in [6, 6.07) is 6.88. The molecule has 0 aliphatic carbocycles. The van der Waals surface area contributed by atoms with E-state index in [1.54, 1.807) is 24.3 Å². The first-order chi connectivity index (χ1) is 11.5. The standard InChI is InChI=1S/C17H23N5O2/c1-11(2)8-9-19-15-14(18)16(21-10-20-15)22-13-6-4-12(5-7-13)17(23)24-3/h4-7,10-11H,8-9,18H2,1-3H3,(H2,19,20,21,22). The van der Waals surface area contributed by atoms with Crippen molar-refractivity contribution in [2.75, 3.05) is 30.0 Å². The number of carbonyl (C=O) groups is 1. The maximum atomic E-state index is 11.4. The largest absolute Gasteiger partial charge is 0.465 e. The highest BCUT2D eigenvalue weighted by Crippen LogP contribution is 2.26. The van der Waals surface area contributed by atoms with Gasteiger partial charge in [-0.25, -0.2) is 14.8 Å². The summed E-state index contributed by atoms with van der Waals surface area (Å²) in [5, 5.41) is 6.35. The molecule has 2 aromatic rings. The van der Waals surface area contributed by atoms with Gasteiger partial charge in [0, 0.05) is 12.2 Å². The van der Waals surface area contributed by atoms with Crippen LogP contribution in [0, 0.1) is 5.92 Å². The molecule has 0 aliphatic heterocycles. The molecular formula is C17H23N5O2. The van der Waals surface area contributed by atoms with E-state index in [1.807, 2.05) is 0 Å². The summed E-state index contributed by atoms with van der Waals surface area (Å²) in [4.78, 5) is 19.8. The Morgan fingerprint density at radius 2 is 1.88 bits per heavy atom. The third kappa shape index (κ3) is 4.58. The zero-order valence-electron chi connectivity index (χ0n) is 14.2. The topological polar surface area (TPSA) is 102 Å². The van der Waals surface area contributed by atoms with E-state index in [9.17, 15) is 4.79 Å².